The lowest BCUT2D eigenvalue weighted by molar-refractivity contribution is -0.116. The molecule has 0 bridgehead atoms. The summed E-state index contributed by atoms with van der Waals surface area (Å²) in [6.07, 6.45) is 1.04. The Morgan fingerprint density at radius 1 is 1.62 bits per heavy atom. The summed E-state index contributed by atoms with van der Waals surface area (Å²) in [4.78, 5) is 15.6. The summed E-state index contributed by atoms with van der Waals surface area (Å²) in [7, 11) is 0. The van der Waals surface area contributed by atoms with Gasteiger partial charge in [0.2, 0.25) is 5.91 Å². The van der Waals surface area contributed by atoms with E-state index in [0.717, 1.165) is 5.69 Å². The maximum Gasteiger partial charge on any atom is 0.226 e. The molecule has 2 aromatic heterocycles. The molecular formula is C10H11N3O2S. The number of nitrogens with one attached hydrogen (secondary N) is 1. The monoisotopic (exact) mass is 237 g/mol. The van der Waals surface area contributed by atoms with E-state index in [1.165, 1.54) is 11.3 Å². The average Bonchev–Trinajstić information content (AvgIpc) is 2.87. The van der Waals surface area contributed by atoms with Crippen LogP contribution in [0.3, 0.4) is 0 Å². The lowest BCUT2D eigenvalue weighted by Gasteiger charge is -1.98. The number of aromatic nitrogens is 2. The highest BCUT2D eigenvalue weighted by Gasteiger charge is 2.06. The molecule has 0 atom stereocenters. The number of hydrogen-bond donors (Lipinski definition) is 1. The molecule has 2 aromatic rings. The van der Waals surface area contributed by atoms with E-state index in [1.807, 2.05) is 5.38 Å². The fourth-order valence-electron chi connectivity index (χ4n) is 1.23. The topological polar surface area (TPSA) is 68.0 Å². The molecule has 16 heavy (non-hydrogen) atoms. The molecule has 1 amide bonds. The highest BCUT2D eigenvalue weighted by Crippen LogP contribution is 2.09. The second-order valence-electron chi connectivity index (χ2n) is 3.35. The minimum absolute atomic E-state index is 0.0821. The maximum atomic E-state index is 11.5. The molecule has 1 N–H and O–H groups in total. The molecule has 0 saturated carbocycles. The first-order valence-electron chi connectivity index (χ1n) is 4.84. The van der Waals surface area contributed by atoms with E-state index in [9.17, 15) is 4.79 Å². The van der Waals surface area contributed by atoms with Gasteiger partial charge >= 0.3 is 0 Å². The largest absolute Gasteiger partial charge is 0.360 e. The summed E-state index contributed by atoms with van der Waals surface area (Å²) in [5.74, 6) is 1.05. The fraction of sp³-hybridized carbons (Fsp3) is 0.300. The lowest BCUT2D eigenvalue weighted by atomic mass is 10.2. The Labute approximate surface area is 96.5 Å². The Bertz CT molecular complexity index is 464. The van der Waals surface area contributed by atoms with Crippen LogP contribution in [0.4, 0.5) is 5.82 Å². The molecule has 0 unspecified atom stereocenters. The van der Waals surface area contributed by atoms with Gasteiger partial charge in [-0.2, -0.15) is 0 Å². The Kier molecular flexibility index (Phi) is 3.31. The highest BCUT2D eigenvalue weighted by atomic mass is 32.1. The van der Waals surface area contributed by atoms with Gasteiger partial charge in [-0.1, -0.05) is 5.16 Å². The summed E-state index contributed by atoms with van der Waals surface area (Å²) in [6.45, 7) is 1.78. The SMILES string of the molecule is Cc1cc(NC(=O)CCc2cscn2)no1. The molecular weight excluding hydrogens is 226 g/mol. The van der Waals surface area contributed by atoms with Crippen LogP contribution in [-0.4, -0.2) is 16.0 Å². The van der Waals surface area contributed by atoms with Gasteiger partial charge in [0.15, 0.2) is 5.82 Å². The van der Waals surface area contributed by atoms with E-state index in [2.05, 4.69) is 15.5 Å². The van der Waals surface area contributed by atoms with E-state index in [1.54, 1.807) is 18.5 Å². The first-order chi connectivity index (χ1) is 7.74. The van der Waals surface area contributed by atoms with Crippen molar-refractivity contribution in [1.29, 1.82) is 0 Å². The van der Waals surface area contributed by atoms with Gasteiger partial charge in [-0.05, 0) is 13.3 Å². The number of carbonyl (C=O) groups excluding carboxylic acids is 1. The molecule has 2 rings (SSSR count). The van der Waals surface area contributed by atoms with Crippen molar-refractivity contribution in [2.45, 2.75) is 19.8 Å². The first-order valence-corrected chi connectivity index (χ1v) is 5.78. The van der Waals surface area contributed by atoms with Gasteiger partial charge in [-0.3, -0.25) is 4.79 Å². The Hall–Kier alpha value is -1.69. The predicted octanol–water partition coefficient (Wildman–Crippen LogP) is 2.01. The second-order valence-corrected chi connectivity index (χ2v) is 4.07. The summed E-state index contributed by atoms with van der Waals surface area (Å²) in [6, 6.07) is 1.68. The number of aryl methyl sites for hydroxylation is 2. The molecule has 6 heteroatoms. The zero-order chi connectivity index (χ0) is 11.4. The van der Waals surface area contributed by atoms with E-state index in [0.29, 0.717) is 24.4 Å². The number of thiazole rings is 1. The third-order valence-electron chi connectivity index (χ3n) is 1.99. The number of nitrogens with zero attached hydrogens (tertiary/aromatic N) is 2. The van der Waals surface area contributed by atoms with Crippen molar-refractivity contribution < 1.29 is 9.32 Å². The Balaban J connectivity index is 1.81. The van der Waals surface area contributed by atoms with E-state index in [-0.39, 0.29) is 5.91 Å². The van der Waals surface area contributed by atoms with E-state index in [4.69, 9.17) is 4.52 Å². The molecule has 0 fully saturated rings. The molecule has 84 valence electrons. The normalized spacial score (nSPS) is 10.3. The zero-order valence-corrected chi connectivity index (χ0v) is 9.58. The molecule has 0 aliphatic rings. The maximum absolute atomic E-state index is 11.5. The van der Waals surface area contributed by atoms with Crippen LogP contribution < -0.4 is 5.32 Å². The zero-order valence-electron chi connectivity index (χ0n) is 8.77. The third-order valence-corrected chi connectivity index (χ3v) is 2.62. The van der Waals surface area contributed by atoms with Crippen LogP contribution in [0.1, 0.15) is 17.9 Å². The number of hydrogen-bond acceptors (Lipinski definition) is 5. The van der Waals surface area contributed by atoms with Gasteiger partial charge in [-0.15, -0.1) is 11.3 Å². The van der Waals surface area contributed by atoms with Gasteiger partial charge in [0.25, 0.3) is 0 Å². The number of rotatable bonds is 4. The van der Waals surface area contributed by atoms with Crippen LogP contribution in [0, 0.1) is 6.92 Å². The molecule has 0 aliphatic carbocycles. The summed E-state index contributed by atoms with van der Waals surface area (Å²) < 4.78 is 4.84. The van der Waals surface area contributed by atoms with Gasteiger partial charge < -0.3 is 9.84 Å². The van der Waals surface area contributed by atoms with Crippen LogP contribution in [0.25, 0.3) is 0 Å². The van der Waals surface area contributed by atoms with Crippen LogP contribution in [-0.2, 0) is 11.2 Å². The van der Waals surface area contributed by atoms with Gasteiger partial charge in [-0.25, -0.2) is 4.98 Å². The molecule has 0 aromatic carbocycles. The second kappa shape index (κ2) is 4.89. The minimum atomic E-state index is -0.0821. The Morgan fingerprint density at radius 3 is 3.12 bits per heavy atom. The average molecular weight is 237 g/mol. The highest BCUT2D eigenvalue weighted by molar-refractivity contribution is 7.07. The van der Waals surface area contributed by atoms with Crippen LogP contribution in [0.2, 0.25) is 0 Å². The molecule has 2 heterocycles. The van der Waals surface area contributed by atoms with E-state index >= 15 is 0 Å². The summed E-state index contributed by atoms with van der Waals surface area (Å²) in [5.41, 5.74) is 2.70. The number of amides is 1. The van der Waals surface area contributed by atoms with Gasteiger partial charge in [0.1, 0.15) is 5.76 Å². The number of anilines is 1. The minimum Gasteiger partial charge on any atom is -0.360 e. The number of carbonyl (C=O) groups is 1. The van der Waals surface area contributed by atoms with E-state index < -0.39 is 0 Å². The van der Waals surface area contributed by atoms with Crippen LogP contribution in [0.15, 0.2) is 21.5 Å². The molecule has 5 nitrogen and oxygen atoms in total. The quantitative estimate of drug-likeness (QED) is 0.883. The van der Waals surface area contributed by atoms with Crippen molar-refractivity contribution in [3.05, 3.63) is 28.4 Å². The fourth-order valence-corrected chi connectivity index (χ4v) is 1.83. The standard InChI is InChI=1S/C10H11N3O2S/c1-7-4-9(13-15-7)12-10(14)3-2-8-5-16-6-11-8/h4-6H,2-3H2,1H3,(H,12,13,14). The molecule has 0 spiro atoms. The third kappa shape index (κ3) is 2.90. The molecule has 0 aliphatic heterocycles. The van der Waals surface area contributed by atoms with Gasteiger partial charge in [0.05, 0.1) is 11.2 Å². The van der Waals surface area contributed by atoms with Crippen LogP contribution in [0.5, 0.6) is 0 Å². The first kappa shape index (κ1) is 10.8. The van der Waals surface area contributed by atoms with Crippen molar-refractivity contribution in [3.8, 4) is 0 Å². The van der Waals surface area contributed by atoms with Crippen molar-refractivity contribution in [2.75, 3.05) is 5.32 Å². The van der Waals surface area contributed by atoms with Crippen molar-refractivity contribution in [3.63, 3.8) is 0 Å². The summed E-state index contributed by atoms with van der Waals surface area (Å²) in [5, 5.41) is 8.28. The lowest BCUT2D eigenvalue weighted by Crippen LogP contribution is -2.12. The van der Waals surface area contributed by atoms with Crippen LogP contribution >= 0.6 is 11.3 Å². The van der Waals surface area contributed by atoms with Crippen molar-refractivity contribution in [1.82, 2.24) is 10.1 Å². The molecule has 0 saturated heterocycles. The van der Waals surface area contributed by atoms with Gasteiger partial charge in [0, 0.05) is 17.9 Å². The molecule has 0 radical (unpaired) electrons. The van der Waals surface area contributed by atoms with Crippen molar-refractivity contribution >= 4 is 23.1 Å². The predicted molar refractivity (Wildman–Crippen MR) is 60.3 cm³/mol. The Morgan fingerprint density at radius 2 is 2.50 bits per heavy atom. The van der Waals surface area contributed by atoms with Crippen molar-refractivity contribution in [2.24, 2.45) is 0 Å². The smallest absolute Gasteiger partial charge is 0.226 e. The summed E-state index contributed by atoms with van der Waals surface area (Å²) >= 11 is 1.53.